The van der Waals surface area contributed by atoms with Crippen LogP contribution in [0.25, 0.3) is 10.9 Å². The van der Waals surface area contributed by atoms with Gasteiger partial charge in [-0.1, -0.05) is 6.92 Å². The second-order valence-corrected chi connectivity index (χ2v) is 7.64. The van der Waals surface area contributed by atoms with Crippen LogP contribution in [0.5, 0.6) is 0 Å². The fourth-order valence-electron chi connectivity index (χ4n) is 2.40. The number of nitrogens with zero attached hydrogens (tertiary/aromatic N) is 2. The highest BCUT2D eigenvalue weighted by Crippen LogP contribution is 2.42. The molecule has 136 valence electrons. The van der Waals surface area contributed by atoms with Gasteiger partial charge in [-0.2, -0.15) is 0 Å². The Bertz CT molecular complexity index is 1100. The van der Waals surface area contributed by atoms with Crippen molar-refractivity contribution in [3.63, 3.8) is 0 Å². The first-order valence-electron chi connectivity index (χ1n) is 7.23. The average molecular weight is 400 g/mol. The molecule has 0 aliphatic carbocycles. The van der Waals surface area contributed by atoms with E-state index in [9.17, 15) is 32.7 Å². The maximum absolute atomic E-state index is 13.6. The van der Waals surface area contributed by atoms with Crippen molar-refractivity contribution in [2.24, 2.45) is 0 Å². The molecule has 0 aliphatic heterocycles. The molecule has 2 N–H and O–H groups in total. The number of hydrogen-bond donors (Lipinski definition) is 2. The van der Waals surface area contributed by atoms with E-state index in [1.165, 1.54) is 5.38 Å². The summed E-state index contributed by atoms with van der Waals surface area (Å²) in [6, 6.07) is 1.30. The Balaban J connectivity index is 2.20. The van der Waals surface area contributed by atoms with Crippen molar-refractivity contribution >= 4 is 41.6 Å². The fraction of sp³-hybridized carbons (Fsp3) is 0.133. The fourth-order valence-corrected chi connectivity index (χ4v) is 3.89. The number of benzene rings is 1. The Morgan fingerprint density at radius 2 is 1.92 bits per heavy atom. The van der Waals surface area contributed by atoms with Crippen molar-refractivity contribution in [1.29, 1.82) is 0 Å². The first kappa shape index (κ1) is 18.5. The molecule has 0 aliphatic rings. The number of fused-ring (bicyclic) bond motifs is 1. The lowest BCUT2D eigenvalue weighted by atomic mass is 10.1. The monoisotopic (exact) mass is 400 g/mol. The normalized spacial score (nSPS) is 11.9. The summed E-state index contributed by atoms with van der Waals surface area (Å²) in [5.41, 5.74) is -0.495. The largest absolute Gasteiger partial charge is 0.434 e. The van der Waals surface area contributed by atoms with E-state index in [1.54, 1.807) is 6.92 Å². The Labute approximate surface area is 149 Å². The molecular weight excluding hydrogens is 389 g/mol. The van der Waals surface area contributed by atoms with Crippen molar-refractivity contribution in [2.75, 3.05) is 0 Å². The number of thiazole rings is 1. The van der Waals surface area contributed by atoms with Crippen molar-refractivity contribution in [3.8, 4) is 0 Å². The number of hydrogen-bond acceptors (Lipinski definition) is 5. The molecule has 11 heteroatoms. The minimum Gasteiger partial charge on any atom is -0.308 e. The zero-order chi connectivity index (χ0) is 19.2. The summed E-state index contributed by atoms with van der Waals surface area (Å²) in [6.45, 7) is 1.63. The van der Waals surface area contributed by atoms with Gasteiger partial charge in [0.25, 0.3) is 0 Å². The summed E-state index contributed by atoms with van der Waals surface area (Å²) >= 11 is 0.876. The van der Waals surface area contributed by atoms with Gasteiger partial charge in [0.1, 0.15) is 5.69 Å². The van der Waals surface area contributed by atoms with Gasteiger partial charge in [-0.25, -0.2) is 18.3 Å². The predicted molar refractivity (Wildman–Crippen MR) is 89.5 cm³/mol. The van der Waals surface area contributed by atoms with Gasteiger partial charge in [0, 0.05) is 29.5 Å². The third-order valence-electron chi connectivity index (χ3n) is 3.66. The van der Waals surface area contributed by atoms with Gasteiger partial charge in [-0.15, -0.1) is 11.3 Å². The number of halogens is 2. The van der Waals surface area contributed by atoms with Crippen LogP contribution in [0.1, 0.15) is 39.2 Å². The molecule has 2 aromatic heterocycles. The van der Waals surface area contributed by atoms with E-state index in [1.807, 2.05) is 0 Å². The highest BCUT2D eigenvalue weighted by atomic mass is 32.1. The van der Waals surface area contributed by atoms with Crippen LogP contribution in [-0.2, 0) is 4.57 Å². The quantitative estimate of drug-likeness (QED) is 0.503. The Morgan fingerprint density at radius 3 is 2.54 bits per heavy atom. The topological polar surface area (TPSA) is 109 Å². The molecule has 2 heterocycles. The van der Waals surface area contributed by atoms with Crippen molar-refractivity contribution < 1.29 is 32.7 Å². The van der Waals surface area contributed by atoms with Crippen LogP contribution < -0.4 is 0 Å². The van der Waals surface area contributed by atoms with Gasteiger partial charge in [0.15, 0.2) is 22.4 Å². The van der Waals surface area contributed by atoms with E-state index in [0.29, 0.717) is 16.5 Å². The number of carbonyl (C=O) groups is 2. The molecule has 7 nitrogen and oxygen atoms in total. The summed E-state index contributed by atoms with van der Waals surface area (Å²) < 4.78 is 39.1. The third-order valence-corrected chi connectivity index (χ3v) is 5.39. The Kier molecular flexibility index (Phi) is 4.61. The van der Waals surface area contributed by atoms with Gasteiger partial charge in [0.05, 0.1) is 11.1 Å². The van der Waals surface area contributed by atoms with Crippen LogP contribution in [0, 0.1) is 11.6 Å². The maximum atomic E-state index is 13.6. The Hall–Kier alpha value is -2.26. The van der Waals surface area contributed by atoms with Gasteiger partial charge in [0.2, 0.25) is 5.78 Å². The molecular formula is C15H11F2N2O5PS. The standard InChI is InChI=1S/C15H11F2N2O5PS/c1-2-13(20)11-6-26-15(18-11)14(21)8-5-19(25(22,23)24)12-4-10(17)9(16)3-7(8)12/h3-6H,2H2,1H3,(H2,22,23,24). The van der Waals surface area contributed by atoms with E-state index in [2.05, 4.69) is 4.98 Å². The maximum Gasteiger partial charge on any atom is 0.434 e. The van der Waals surface area contributed by atoms with Gasteiger partial charge >= 0.3 is 7.75 Å². The molecule has 0 unspecified atom stereocenters. The van der Waals surface area contributed by atoms with Gasteiger partial charge < -0.3 is 9.79 Å². The van der Waals surface area contributed by atoms with Crippen LogP contribution in [-0.4, -0.2) is 30.7 Å². The summed E-state index contributed by atoms with van der Waals surface area (Å²) in [5, 5.41) is 1.12. The molecule has 0 atom stereocenters. The smallest absolute Gasteiger partial charge is 0.308 e. The zero-order valence-electron chi connectivity index (χ0n) is 13.1. The van der Waals surface area contributed by atoms with Gasteiger partial charge in [-0.3, -0.25) is 13.9 Å². The molecule has 0 spiro atoms. The molecule has 1 aromatic carbocycles. The Morgan fingerprint density at radius 1 is 1.27 bits per heavy atom. The SMILES string of the molecule is CCC(=O)c1csc(C(=O)c2cn(P(=O)(O)O)c3cc(F)c(F)cc23)n1. The molecule has 0 saturated heterocycles. The van der Waals surface area contributed by atoms with Crippen LogP contribution in [0.4, 0.5) is 8.78 Å². The molecule has 0 fully saturated rings. The highest BCUT2D eigenvalue weighted by molar-refractivity contribution is 7.50. The molecule has 0 amide bonds. The lowest BCUT2D eigenvalue weighted by Crippen LogP contribution is -2.03. The summed E-state index contributed by atoms with van der Waals surface area (Å²) in [4.78, 5) is 47.1. The summed E-state index contributed by atoms with van der Waals surface area (Å²) in [7, 11) is -4.92. The lowest BCUT2D eigenvalue weighted by Gasteiger charge is -2.06. The van der Waals surface area contributed by atoms with Crippen LogP contribution in [0.3, 0.4) is 0 Å². The molecule has 0 radical (unpaired) electrons. The zero-order valence-corrected chi connectivity index (χ0v) is 14.9. The number of rotatable bonds is 5. The van der Waals surface area contributed by atoms with Crippen LogP contribution in [0.15, 0.2) is 23.7 Å². The van der Waals surface area contributed by atoms with Crippen molar-refractivity contribution in [3.05, 3.63) is 51.6 Å². The molecule has 0 saturated carbocycles. The van der Waals surface area contributed by atoms with Crippen LogP contribution in [0.2, 0.25) is 0 Å². The number of ketones is 2. The third kappa shape index (κ3) is 3.12. The second-order valence-electron chi connectivity index (χ2n) is 5.33. The minimum absolute atomic E-state index is 0.0943. The molecule has 26 heavy (non-hydrogen) atoms. The summed E-state index contributed by atoms with van der Waals surface area (Å²) in [6.07, 6.45) is 1.02. The van der Waals surface area contributed by atoms with Gasteiger partial charge in [-0.05, 0) is 6.07 Å². The average Bonchev–Trinajstić information content (AvgIpc) is 3.19. The van der Waals surface area contributed by atoms with E-state index < -0.39 is 25.2 Å². The van der Waals surface area contributed by atoms with E-state index in [0.717, 1.165) is 17.5 Å². The number of aromatic nitrogens is 2. The molecule has 0 bridgehead atoms. The minimum atomic E-state index is -4.92. The number of Topliss-reactive ketones (excluding diaryl/α,β-unsaturated/α-hetero) is 1. The predicted octanol–water partition coefficient (Wildman–Crippen LogP) is 3.14. The van der Waals surface area contributed by atoms with E-state index >= 15 is 0 Å². The van der Waals surface area contributed by atoms with E-state index in [4.69, 9.17) is 0 Å². The van der Waals surface area contributed by atoms with Crippen LogP contribution >= 0.6 is 19.1 Å². The summed E-state index contributed by atoms with van der Waals surface area (Å²) in [5.74, 6) is -3.61. The lowest BCUT2D eigenvalue weighted by molar-refractivity contribution is 0.0984. The highest BCUT2D eigenvalue weighted by Gasteiger charge is 2.27. The second kappa shape index (κ2) is 6.48. The first-order valence-corrected chi connectivity index (χ1v) is 9.68. The van der Waals surface area contributed by atoms with E-state index in [-0.39, 0.29) is 39.4 Å². The number of carbonyl (C=O) groups excluding carboxylic acids is 2. The first-order chi connectivity index (χ1) is 12.1. The van der Waals surface area contributed by atoms with Crippen molar-refractivity contribution in [2.45, 2.75) is 13.3 Å². The molecule has 3 rings (SSSR count). The molecule has 3 aromatic rings. The van der Waals surface area contributed by atoms with Crippen molar-refractivity contribution in [1.82, 2.24) is 9.32 Å².